The van der Waals surface area contributed by atoms with Crippen molar-refractivity contribution in [1.82, 2.24) is 20.1 Å². The maximum atomic E-state index is 13.6. The highest BCUT2D eigenvalue weighted by Gasteiger charge is 2.20. The van der Waals surface area contributed by atoms with Gasteiger partial charge in [-0.1, -0.05) is 29.3 Å². The lowest BCUT2D eigenvalue weighted by atomic mass is 10.1. The fourth-order valence-corrected chi connectivity index (χ4v) is 4.17. The number of nitrogens with one attached hydrogen (secondary N) is 2. The number of halogens is 1. The minimum Gasteiger partial charge on any atom is -0.329 e. The number of amides is 3. The molecule has 196 valence electrons. The van der Waals surface area contributed by atoms with Crippen molar-refractivity contribution in [3.63, 3.8) is 0 Å². The molecule has 38 heavy (non-hydrogen) atoms. The molecule has 0 bridgehead atoms. The highest BCUT2D eigenvalue weighted by molar-refractivity contribution is 6.31. The van der Waals surface area contributed by atoms with Gasteiger partial charge >= 0.3 is 6.03 Å². The smallest absolute Gasteiger partial charge is 0.329 e. The van der Waals surface area contributed by atoms with Gasteiger partial charge in [0.2, 0.25) is 12.4 Å². The van der Waals surface area contributed by atoms with Gasteiger partial charge in [-0.15, -0.1) is 0 Å². The molecule has 4 aromatic rings. The van der Waals surface area contributed by atoms with Crippen LogP contribution in [0.4, 0.5) is 16.2 Å². The number of benzene rings is 2. The summed E-state index contributed by atoms with van der Waals surface area (Å²) in [6.07, 6.45) is 5.63. The minimum atomic E-state index is -0.610. The van der Waals surface area contributed by atoms with E-state index in [-0.39, 0.29) is 12.5 Å². The Hall–Kier alpha value is -4.28. The standard InChI is InChI=1S/C27H29ClN8O2/c1-17-4-5-23(28)20(8-17)15-36(22-9-18(2)12-30-13-22)27(38)33-26(31-16-37)32-24-11-21-14-35(7-6-29)34-25(21)10-19(24)3/h4-5,8-14,16H,6-7,15,29H2,1-3H3,(H2,31,32,33,37,38). The number of hydrogen-bond donors (Lipinski definition) is 3. The third kappa shape index (κ3) is 6.34. The van der Waals surface area contributed by atoms with Crippen LogP contribution >= 0.6 is 11.6 Å². The van der Waals surface area contributed by atoms with Crippen molar-refractivity contribution in [1.29, 1.82) is 0 Å². The number of hydrogen-bond acceptors (Lipinski definition) is 5. The monoisotopic (exact) mass is 532 g/mol. The fourth-order valence-electron chi connectivity index (χ4n) is 4.00. The van der Waals surface area contributed by atoms with Crippen LogP contribution in [0.25, 0.3) is 10.9 Å². The van der Waals surface area contributed by atoms with E-state index in [2.05, 4.69) is 25.7 Å². The van der Waals surface area contributed by atoms with Crippen LogP contribution < -0.4 is 21.3 Å². The molecule has 0 aliphatic carbocycles. The number of carbonyl (C=O) groups is 2. The number of nitrogens with two attached hydrogens (primary N) is 1. The quantitative estimate of drug-likeness (QED) is 0.185. The topological polar surface area (TPSA) is 131 Å². The summed E-state index contributed by atoms with van der Waals surface area (Å²) in [5, 5.41) is 11.5. The number of nitrogens with zero attached hydrogens (tertiary/aromatic N) is 5. The van der Waals surface area contributed by atoms with Crippen LogP contribution in [0.2, 0.25) is 5.02 Å². The lowest BCUT2D eigenvalue weighted by Crippen LogP contribution is -2.35. The number of urea groups is 1. The minimum absolute atomic E-state index is 0.0252. The van der Waals surface area contributed by atoms with E-state index >= 15 is 0 Å². The first-order valence-corrected chi connectivity index (χ1v) is 12.4. The van der Waals surface area contributed by atoms with Crippen molar-refractivity contribution >= 4 is 52.3 Å². The second kappa shape index (κ2) is 11.8. The zero-order valence-electron chi connectivity index (χ0n) is 21.4. The Morgan fingerprint density at radius 3 is 2.71 bits per heavy atom. The molecule has 11 heteroatoms. The first kappa shape index (κ1) is 26.8. The lowest BCUT2D eigenvalue weighted by molar-refractivity contribution is -0.108. The number of aryl methyl sites for hydroxylation is 3. The molecule has 0 aliphatic heterocycles. The molecular weight excluding hydrogens is 504 g/mol. The van der Waals surface area contributed by atoms with Gasteiger partial charge in [-0.05, 0) is 61.7 Å². The number of fused-ring (bicyclic) bond motifs is 1. The van der Waals surface area contributed by atoms with E-state index < -0.39 is 6.03 Å². The largest absolute Gasteiger partial charge is 0.351 e. The van der Waals surface area contributed by atoms with Crippen LogP contribution in [-0.2, 0) is 17.9 Å². The van der Waals surface area contributed by atoms with Crippen LogP contribution in [0.3, 0.4) is 0 Å². The van der Waals surface area contributed by atoms with Gasteiger partial charge in [0.25, 0.3) is 0 Å². The second-order valence-corrected chi connectivity index (χ2v) is 9.35. The predicted molar refractivity (Wildman–Crippen MR) is 151 cm³/mol. The Kier molecular flexibility index (Phi) is 8.35. The highest BCUT2D eigenvalue weighted by atomic mass is 35.5. The maximum Gasteiger partial charge on any atom is 0.351 e. The molecule has 0 atom stereocenters. The molecule has 0 radical (unpaired) electrons. The number of aromatic nitrogens is 3. The van der Waals surface area contributed by atoms with Crippen LogP contribution in [0.5, 0.6) is 0 Å². The number of carbonyl (C=O) groups excluding carboxylic acids is 2. The molecule has 0 saturated carbocycles. The van der Waals surface area contributed by atoms with Crippen molar-refractivity contribution in [3.05, 3.63) is 82.3 Å². The third-order valence-corrected chi connectivity index (χ3v) is 6.21. The van der Waals surface area contributed by atoms with E-state index in [1.165, 1.54) is 4.90 Å². The zero-order valence-corrected chi connectivity index (χ0v) is 22.2. The zero-order chi connectivity index (χ0) is 27.2. The normalized spacial score (nSPS) is 11.4. The van der Waals surface area contributed by atoms with Crippen LogP contribution in [0.15, 0.2) is 60.0 Å². The molecular formula is C27H29ClN8O2. The summed E-state index contributed by atoms with van der Waals surface area (Å²) < 4.78 is 1.78. The van der Waals surface area contributed by atoms with Gasteiger partial charge in [-0.25, -0.2) is 4.79 Å². The average molecular weight is 533 g/mol. The van der Waals surface area contributed by atoms with Crippen molar-refractivity contribution in [3.8, 4) is 0 Å². The van der Waals surface area contributed by atoms with E-state index in [9.17, 15) is 9.59 Å². The van der Waals surface area contributed by atoms with Crippen molar-refractivity contribution < 1.29 is 9.59 Å². The van der Waals surface area contributed by atoms with Crippen molar-refractivity contribution in [2.75, 3.05) is 16.8 Å². The fraction of sp³-hybridized carbons (Fsp3) is 0.222. The van der Waals surface area contributed by atoms with E-state index in [4.69, 9.17) is 17.3 Å². The Balaban J connectivity index is 1.68. The molecule has 3 amide bonds. The number of pyridine rings is 1. The van der Waals surface area contributed by atoms with Gasteiger partial charge in [0.15, 0.2) is 0 Å². The second-order valence-electron chi connectivity index (χ2n) is 8.94. The van der Waals surface area contributed by atoms with Gasteiger partial charge in [-0.3, -0.25) is 24.7 Å². The Morgan fingerprint density at radius 2 is 1.97 bits per heavy atom. The molecule has 0 saturated heterocycles. The Morgan fingerprint density at radius 1 is 1.16 bits per heavy atom. The molecule has 4 rings (SSSR count). The molecule has 2 aromatic carbocycles. The summed E-state index contributed by atoms with van der Waals surface area (Å²) in [5.74, 6) is -0.0252. The predicted octanol–water partition coefficient (Wildman–Crippen LogP) is 4.31. The highest BCUT2D eigenvalue weighted by Crippen LogP contribution is 2.25. The molecule has 0 unspecified atom stereocenters. The molecule has 4 N–H and O–H groups in total. The summed E-state index contributed by atoms with van der Waals surface area (Å²) in [7, 11) is 0. The number of aliphatic imine (C=N–C) groups is 1. The van der Waals surface area contributed by atoms with Crippen molar-refractivity contribution in [2.45, 2.75) is 33.9 Å². The number of rotatable bonds is 7. The Labute approximate surface area is 225 Å². The van der Waals surface area contributed by atoms with Crippen LogP contribution in [-0.4, -0.2) is 39.7 Å². The molecule has 0 spiro atoms. The molecule has 2 aromatic heterocycles. The summed E-state index contributed by atoms with van der Waals surface area (Å²) in [4.78, 5) is 34.9. The van der Waals surface area contributed by atoms with E-state index in [1.807, 2.05) is 57.3 Å². The number of guanidine groups is 1. The Bertz CT molecular complexity index is 1510. The van der Waals surface area contributed by atoms with Gasteiger partial charge in [-0.2, -0.15) is 10.1 Å². The van der Waals surface area contributed by atoms with Gasteiger partial charge in [0, 0.05) is 35.0 Å². The van der Waals surface area contributed by atoms with E-state index in [1.54, 1.807) is 23.1 Å². The van der Waals surface area contributed by atoms with Crippen molar-refractivity contribution in [2.24, 2.45) is 10.7 Å². The van der Waals surface area contributed by atoms with Crippen LogP contribution in [0, 0.1) is 20.8 Å². The summed E-state index contributed by atoms with van der Waals surface area (Å²) >= 11 is 6.44. The molecule has 10 nitrogen and oxygen atoms in total. The van der Waals surface area contributed by atoms with Gasteiger partial charge < -0.3 is 11.1 Å². The molecule has 0 aliphatic rings. The van der Waals surface area contributed by atoms with Gasteiger partial charge in [0.1, 0.15) is 0 Å². The average Bonchev–Trinajstić information content (AvgIpc) is 3.25. The number of anilines is 2. The summed E-state index contributed by atoms with van der Waals surface area (Å²) in [6, 6.07) is 10.6. The van der Waals surface area contributed by atoms with Gasteiger partial charge in [0.05, 0.1) is 30.5 Å². The summed E-state index contributed by atoms with van der Waals surface area (Å²) in [5.41, 5.74) is 11.2. The van der Waals surface area contributed by atoms with E-state index in [0.717, 1.165) is 33.2 Å². The van der Waals surface area contributed by atoms with E-state index in [0.29, 0.717) is 35.9 Å². The molecule has 0 fully saturated rings. The SMILES string of the molecule is Cc1cncc(N(Cc2cc(C)ccc2Cl)C(=O)/N=C(\NC=O)Nc2cc3cn(CCN)nc3cc2C)c1. The maximum absolute atomic E-state index is 13.6. The third-order valence-electron chi connectivity index (χ3n) is 5.85. The lowest BCUT2D eigenvalue weighted by Gasteiger charge is -2.22. The first-order chi connectivity index (χ1) is 18.3. The summed E-state index contributed by atoms with van der Waals surface area (Å²) in [6.45, 7) is 6.97. The first-order valence-electron chi connectivity index (χ1n) is 12.0. The molecule has 2 heterocycles. The van der Waals surface area contributed by atoms with Crippen LogP contribution in [0.1, 0.15) is 22.3 Å².